The zero-order valence-electron chi connectivity index (χ0n) is 17.0. The van der Waals surface area contributed by atoms with Gasteiger partial charge in [-0.3, -0.25) is 4.79 Å². The Morgan fingerprint density at radius 2 is 1.78 bits per heavy atom. The molecule has 0 aliphatic rings. The van der Waals surface area contributed by atoms with Crippen molar-refractivity contribution in [1.29, 1.82) is 0 Å². The van der Waals surface area contributed by atoms with Crippen LogP contribution in [0.3, 0.4) is 0 Å². The summed E-state index contributed by atoms with van der Waals surface area (Å²) < 4.78 is 45.3. The summed E-state index contributed by atoms with van der Waals surface area (Å²) in [5.41, 5.74) is 2.22. The molecule has 0 aliphatic heterocycles. The van der Waals surface area contributed by atoms with Crippen molar-refractivity contribution in [2.45, 2.75) is 33.1 Å². The number of rotatable bonds is 6. The average Bonchev–Trinajstić information content (AvgIpc) is 3.29. The van der Waals surface area contributed by atoms with Gasteiger partial charge in [0.2, 0.25) is 0 Å². The summed E-state index contributed by atoms with van der Waals surface area (Å²) in [5.74, 6) is -0.306. The minimum atomic E-state index is -4.38. The number of halogens is 3. The van der Waals surface area contributed by atoms with E-state index < -0.39 is 17.7 Å². The van der Waals surface area contributed by atoms with Gasteiger partial charge in [-0.25, -0.2) is 9.97 Å². The molecule has 2 aromatic heterocycles. The van der Waals surface area contributed by atoms with E-state index in [9.17, 15) is 18.0 Å². The summed E-state index contributed by atoms with van der Waals surface area (Å²) in [6.45, 7) is 3.96. The van der Waals surface area contributed by atoms with Crippen LogP contribution in [0.4, 0.5) is 13.2 Å². The van der Waals surface area contributed by atoms with Gasteiger partial charge in [0, 0.05) is 5.56 Å². The van der Waals surface area contributed by atoms with E-state index in [1.165, 1.54) is 34.8 Å². The standard InChI is InChI=1S/C22H17F3N2O3S2/c1-11-3-8-15-20(32-17(27-15)9-18(28)29)19(11)30-10-16-12(2)26-21(31-16)13-4-6-14(7-5-13)22(23,24)25/h3-8H,9-10H2,1-2H3,(H,28,29). The number of hydrogen-bond acceptors (Lipinski definition) is 6. The zero-order valence-corrected chi connectivity index (χ0v) is 18.6. The largest absolute Gasteiger partial charge is 0.486 e. The summed E-state index contributed by atoms with van der Waals surface area (Å²) in [5, 5.41) is 10.1. The van der Waals surface area contributed by atoms with Gasteiger partial charge in [0.15, 0.2) is 0 Å². The summed E-state index contributed by atoms with van der Waals surface area (Å²) in [4.78, 5) is 20.7. The molecule has 0 radical (unpaired) electrons. The Kier molecular flexibility index (Phi) is 5.91. The van der Waals surface area contributed by atoms with Crippen molar-refractivity contribution in [3.63, 3.8) is 0 Å². The number of aryl methyl sites for hydroxylation is 2. The van der Waals surface area contributed by atoms with E-state index in [1.807, 2.05) is 26.0 Å². The molecule has 0 aliphatic carbocycles. The van der Waals surface area contributed by atoms with Gasteiger partial charge in [-0.2, -0.15) is 13.2 Å². The Balaban J connectivity index is 1.57. The number of carbonyl (C=O) groups is 1. The smallest absolute Gasteiger partial charge is 0.416 e. The van der Waals surface area contributed by atoms with Crippen LogP contribution in [-0.2, 0) is 24.0 Å². The van der Waals surface area contributed by atoms with Gasteiger partial charge in [0.05, 0.1) is 32.8 Å². The third-order valence-electron chi connectivity index (χ3n) is 4.76. The van der Waals surface area contributed by atoms with Crippen LogP contribution in [0.25, 0.3) is 20.8 Å². The van der Waals surface area contributed by atoms with Crippen molar-refractivity contribution >= 4 is 38.9 Å². The summed E-state index contributed by atoms with van der Waals surface area (Å²) in [6, 6.07) is 8.63. The summed E-state index contributed by atoms with van der Waals surface area (Å²) in [6.07, 6.45) is -4.53. The Hall–Kier alpha value is -2.98. The number of thiazole rings is 2. The lowest BCUT2D eigenvalue weighted by Gasteiger charge is -2.09. The number of fused-ring (bicyclic) bond motifs is 1. The lowest BCUT2D eigenvalue weighted by atomic mass is 10.1. The molecular formula is C22H17F3N2O3S2. The van der Waals surface area contributed by atoms with Crippen LogP contribution in [0.5, 0.6) is 5.75 Å². The van der Waals surface area contributed by atoms with E-state index in [2.05, 4.69) is 9.97 Å². The molecule has 32 heavy (non-hydrogen) atoms. The molecule has 2 heterocycles. The first-order valence-corrected chi connectivity index (χ1v) is 11.1. The molecule has 2 aromatic carbocycles. The number of carboxylic acids is 1. The maximum Gasteiger partial charge on any atom is 0.416 e. The van der Waals surface area contributed by atoms with Crippen molar-refractivity contribution in [1.82, 2.24) is 9.97 Å². The predicted molar refractivity (Wildman–Crippen MR) is 117 cm³/mol. The molecule has 0 bridgehead atoms. The monoisotopic (exact) mass is 478 g/mol. The third kappa shape index (κ3) is 4.61. The summed E-state index contributed by atoms with van der Waals surface area (Å²) >= 11 is 2.65. The van der Waals surface area contributed by atoms with E-state index in [0.717, 1.165) is 33.0 Å². The molecule has 0 amide bonds. The highest BCUT2D eigenvalue weighted by Gasteiger charge is 2.30. The van der Waals surface area contributed by atoms with Gasteiger partial charge in [-0.05, 0) is 37.6 Å². The lowest BCUT2D eigenvalue weighted by molar-refractivity contribution is -0.138. The fourth-order valence-electron chi connectivity index (χ4n) is 3.12. The molecule has 0 saturated carbocycles. The number of nitrogens with zero attached hydrogens (tertiary/aromatic N) is 2. The number of ether oxygens (including phenoxy) is 1. The van der Waals surface area contributed by atoms with Gasteiger partial charge in [-0.15, -0.1) is 22.7 Å². The first kappa shape index (κ1) is 22.2. The number of benzene rings is 2. The minimum Gasteiger partial charge on any atom is -0.486 e. The van der Waals surface area contributed by atoms with Crippen LogP contribution in [0.15, 0.2) is 36.4 Å². The second-order valence-electron chi connectivity index (χ2n) is 7.13. The van der Waals surface area contributed by atoms with Crippen LogP contribution in [0.1, 0.15) is 26.7 Å². The van der Waals surface area contributed by atoms with Crippen LogP contribution >= 0.6 is 22.7 Å². The fourth-order valence-corrected chi connectivity index (χ4v) is 5.21. The Morgan fingerprint density at radius 1 is 1.06 bits per heavy atom. The van der Waals surface area contributed by atoms with Crippen molar-refractivity contribution < 1.29 is 27.8 Å². The van der Waals surface area contributed by atoms with E-state index in [0.29, 0.717) is 26.8 Å². The molecule has 4 aromatic rings. The van der Waals surface area contributed by atoms with Crippen molar-refractivity contribution in [3.05, 3.63) is 63.1 Å². The highest BCUT2D eigenvalue weighted by molar-refractivity contribution is 7.19. The highest BCUT2D eigenvalue weighted by atomic mass is 32.1. The van der Waals surface area contributed by atoms with E-state index in [-0.39, 0.29) is 13.0 Å². The lowest BCUT2D eigenvalue weighted by Crippen LogP contribution is -2.03. The van der Waals surface area contributed by atoms with Crippen LogP contribution in [0.2, 0.25) is 0 Å². The van der Waals surface area contributed by atoms with Gasteiger partial charge >= 0.3 is 12.1 Å². The maximum absolute atomic E-state index is 12.8. The molecule has 0 saturated heterocycles. The normalized spacial score (nSPS) is 11.8. The summed E-state index contributed by atoms with van der Waals surface area (Å²) in [7, 11) is 0. The van der Waals surface area contributed by atoms with Crippen LogP contribution in [0, 0.1) is 13.8 Å². The minimum absolute atomic E-state index is 0.151. The topological polar surface area (TPSA) is 72.3 Å². The van der Waals surface area contributed by atoms with E-state index in [1.54, 1.807) is 0 Å². The number of hydrogen-bond donors (Lipinski definition) is 1. The second-order valence-corrected chi connectivity index (χ2v) is 9.30. The van der Waals surface area contributed by atoms with Crippen LogP contribution in [-0.4, -0.2) is 21.0 Å². The highest BCUT2D eigenvalue weighted by Crippen LogP contribution is 2.37. The molecule has 166 valence electrons. The average molecular weight is 479 g/mol. The molecule has 0 unspecified atom stereocenters. The first-order chi connectivity index (χ1) is 15.1. The quantitative estimate of drug-likeness (QED) is 0.354. The predicted octanol–water partition coefficient (Wildman–Crippen LogP) is 6.26. The van der Waals surface area contributed by atoms with Gasteiger partial charge in [0.1, 0.15) is 22.4 Å². The SMILES string of the molecule is Cc1ccc2nc(CC(=O)O)sc2c1OCc1sc(-c2ccc(C(F)(F)F)cc2)nc1C. The Morgan fingerprint density at radius 3 is 2.44 bits per heavy atom. The third-order valence-corrected chi connectivity index (χ3v) is 7.01. The number of alkyl halides is 3. The second kappa shape index (κ2) is 8.51. The molecule has 0 fully saturated rings. The molecule has 5 nitrogen and oxygen atoms in total. The van der Waals surface area contributed by atoms with Gasteiger partial charge < -0.3 is 9.84 Å². The molecule has 1 N–H and O–H groups in total. The maximum atomic E-state index is 12.8. The number of aliphatic carboxylic acids is 1. The number of carboxylic acid groups (broad SMARTS) is 1. The van der Waals surface area contributed by atoms with Crippen molar-refractivity contribution in [3.8, 4) is 16.3 Å². The molecular weight excluding hydrogens is 461 g/mol. The van der Waals surface area contributed by atoms with E-state index in [4.69, 9.17) is 9.84 Å². The Bertz CT molecular complexity index is 1290. The molecule has 4 rings (SSSR count). The molecule has 10 heteroatoms. The number of aromatic nitrogens is 2. The molecule has 0 atom stereocenters. The zero-order chi connectivity index (χ0) is 23.0. The Labute approximate surface area is 189 Å². The van der Waals surface area contributed by atoms with Crippen molar-refractivity contribution in [2.24, 2.45) is 0 Å². The fraction of sp³-hybridized carbons (Fsp3) is 0.227. The van der Waals surface area contributed by atoms with E-state index >= 15 is 0 Å². The van der Waals surface area contributed by atoms with Gasteiger partial charge in [0.25, 0.3) is 0 Å². The van der Waals surface area contributed by atoms with Crippen molar-refractivity contribution in [2.75, 3.05) is 0 Å². The van der Waals surface area contributed by atoms with Gasteiger partial charge in [-0.1, -0.05) is 18.2 Å². The first-order valence-electron chi connectivity index (χ1n) is 9.49. The molecule has 0 spiro atoms. The van der Waals surface area contributed by atoms with Crippen LogP contribution < -0.4 is 4.74 Å².